The smallest absolute Gasteiger partial charge is 0.370 e. The largest absolute Gasteiger partial charge is 0.419 e. The molecule has 1 N–H and O–H groups in total. The van der Waals surface area contributed by atoms with Crippen molar-refractivity contribution in [3.8, 4) is 0 Å². The summed E-state index contributed by atoms with van der Waals surface area (Å²) in [6.07, 6.45) is -3.79. The van der Waals surface area contributed by atoms with E-state index in [2.05, 4.69) is 5.32 Å². The van der Waals surface area contributed by atoms with Crippen molar-refractivity contribution in [2.75, 3.05) is 31.1 Å². The summed E-state index contributed by atoms with van der Waals surface area (Å²) < 4.78 is 51.0. The maximum Gasteiger partial charge on any atom is 0.419 e. The summed E-state index contributed by atoms with van der Waals surface area (Å²) in [6, 6.07) is 3.17. The molecule has 1 aromatic carbocycles. The van der Waals surface area contributed by atoms with Gasteiger partial charge >= 0.3 is 6.18 Å². The number of halogens is 4. The van der Waals surface area contributed by atoms with E-state index in [1.807, 2.05) is 4.90 Å². The van der Waals surface area contributed by atoms with Gasteiger partial charge in [-0.3, -0.25) is 0 Å². The van der Waals surface area contributed by atoms with E-state index in [4.69, 9.17) is 0 Å². The molecule has 2 rings (SSSR count). The molecule has 1 aliphatic heterocycles. The van der Waals surface area contributed by atoms with Crippen LogP contribution in [-0.4, -0.2) is 26.2 Å². The molecular formula is C12H14F4N2. The van der Waals surface area contributed by atoms with E-state index in [-0.39, 0.29) is 0 Å². The van der Waals surface area contributed by atoms with Gasteiger partial charge in [-0.15, -0.1) is 0 Å². The van der Waals surface area contributed by atoms with E-state index in [1.165, 1.54) is 6.07 Å². The topological polar surface area (TPSA) is 15.3 Å². The maximum absolute atomic E-state index is 13.2. The van der Waals surface area contributed by atoms with E-state index in [0.717, 1.165) is 31.6 Å². The van der Waals surface area contributed by atoms with Crippen LogP contribution in [0.2, 0.25) is 0 Å². The van der Waals surface area contributed by atoms with Gasteiger partial charge in [-0.1, -0.05) is 0 Å². The number of benzene rings is 1. The molecule has 1 aromatic rings. The van der Waals surface area contributed by atoms with Gasteiger partial charge in [0, 0.05) is 25.3 Å². The molecule has 0 atom stereocenters. The van der Waals surface area contributed by atoms with Crippen molar-refractivity contribution in [3.63, 3.8) is 0 Å². The Morgan fingerprint density at radius 3 is 2.61 bits per heavy atom. The first-order valence-electron chi connectivity index (χ1n) is 5.81. The molecule has 1 saturated heterocycles. The third kappa shape index (κ3) is 2.93. The van der Waals surface area contributed by atoms with Crippen LogP contribution in [0.1, 0.15) is 12.0 Å². The molecule has 0 unspecified atom stereocenters. The second-order valence-electron chi connectivity index (χ2n) is 4.25. The molecule has 0 bridgehead atoms. The summed E-state index contributed by atoms with van der Waals surface area (Å²) in [7, 11) is 0. The summed E-state index contributed by atoms with van der Waals surface area (Å²) in [5, 5.41) is 3.17. The Morgan fingerprint density at radius 1 is 1.11 bits per heavy atom. The van der Waals surface area contributed by atoms with Crippen LogP contribution in [0.4, 0.5) is 23.2 Å². The molecule has 0 aromatic heterocycles. The molecule has 100 valence electrons. The normalized spacial score (nSPS) is 17.7. The number of anilines is 1. The van der Waals surface area contributed by atoms with Gasteiger partial charge in [-0.05, 0) is 31.2 Å². The van der Waals surface area contributed by atoms with E-state index in [9.17, 15) is 17.6 Å². The highest BCUT2D eigenvalue weighted by Crippen LogP contribution is 2.33. The second kappa shape index (κ2) is 5.14. The van der Waals surface area contributed by atoms with Crippen molar-refractivity contribution >= 4 is 5.69 Å². The van der Waals surface area contributed by atoms with Crippen LogP contribution >= 0.6 is 0 Å². The Hall–Kier alpha value is -1.30. The maximum atomic E-state index is 13.2. The zero-order valence-electron chi connectivity index (χ0n) is 9.73. The van der Waals surface area contributed by atoms with Gasteiger partial charge in [0.25, 0.3) is 0 Å². The zero-order chi connectivity index (χ0) is 13.2. The van der Waals surface area contributed by atoms with Gasteiger partial charge in [0.1, 0.15) is 5.82 Å². The molecule has 1 fully saturated rings. The Balaban J connectivity index is 2.28. The first-order chi connectivity index (χ1) is 8.48. The van der Waals surface area contributed by atoms with Gasteiger partial charge in [0.2, 0.25) is 0 Å². The lowest BCUT2D eigenvalue weighted by atomic mass is 10.1. The molecule has 0 aliphatic carbocycles. The van der Waals surface area contributed by atoms with Crippen LogP contribution < -0.4 is 10.2 Å². The number of alkyl halides is 3. The highest BCUT2D eigenvalue weighted by atomic mass is 19.4. The lowest BCUT2D eigenvalue weighted by Crippen LogP contribution is -2.28. The van der Waals surface area contributed by atoms with Crippen LogP contribution in [0, 0.1) is 5.82 Å². The standard InChI is InChI=1S/C12H14F4N2/c13-11-3-2-9(8-10(11)12(14,15)16)18-6-1-4-17-5-7-18/h2-3,8,17H,1,4-7H2. The fourth-order valence-electron chi connectivity index (χ4n) is 2.03. The molecule has 1 heterocycles. The minimum atomic E-state index is -4.65. The van der Waals surface area contributed by atoms with Crippen molar-refractivity contribution in [1.82, 2.24) is 5.32 Å². The molecule has 0 spiro atoms. The summed E-state index contributed by atoms with van der Waals surface area (Å²) in [6.45, 7) is 2.88. The van der Waals surface area contributed by atoms with Gasteiger partial charge in [-0.2, -0.15) is 13.2 Å². The van der Waals surface area contributed by atoms with Crippen molar-refractivity contribution in [2.24, 2.45) is 0 Å². The molecular weight excluding hydrogens is 248 g/mol. The van der Waals surface area contributed by atoms with E-state index >= 15 is 0 Å². The molecule has 0 amide bonds. The minimum Gasteiger partial charge on any atom is -0.370 e. The molecule has 1 aliphatic rings. The Kier molecular flexibility index (Phi) is 3.75. The van der Waals surface area contributed by atoms with Crippen molar-refractivity contribution < 1.29 is 17.6 Å². The SMILES string of the molecule is Fc1ccc(N2CCCNCC2)cc1C(F)(F)F. The van der Waals surface area contributed by atoms with E-state index in [0.29, 0.717) is 18.8 Å². The molecule has 0 radical (unpaired) electrons. The lowest BCUT2D eigenvalue weighted by molar-refractivity contribution is -0.139. The van der Waals surface area contributed by atoms with Gasteiger partial charge in [-0.25, -0.2) is 4.39 Å². The molecule has 18 heavy (non-hydrogen) atoms. The van der Waals surface area contributed by atoms with Crippen molar-refractivity contribution in [1.29, 1.82) is 0 Å². The van der Waals surface area contributed by atoms with Crippen molar-refractivity contribution in [2.45, 2.75) is 12.6 Å². The van der Waals surface area contributed by atoms with Crippen LogP contribution in [0.5, 0.6) is 0 Å². The van der Waals surface area contributed by atoms with Crippen LogP contribution in [0.3, 0.4) is 0 Å². The summed E-state index contributed by atoms with van der Waals surface area (Å²) in [5.74, 6) is -1.22. The highest BCUT2D eigenvalue weighted by Gasteiger charge is 2.34. The number of hydrogen-bond acceptors (Lipinski definition) is 2. The van der Waals surface area contributed by atoms with E-state index in [1.54, 1.807) is 0 Å². The summed E-state index contributed by atoms with van der Waals surface area (Å²) >= 11 is 0. The van der Waals surface area contributed by atoms with Crippen LogP contribution in [0.25, 0.3) is 0 Å². The average Bonchev–Trinajstić information content (AvgIpc) is 2.56. The molecule has 2 nitrogen and oxygen atoms in total. The average molecular weight is 262 g/mol. The van der Waals surface area contributed by atoms with E-state index < -0.39 is 17.6 Å². The lowest BCUT2D eigenvalue weighted by Gasteiger charge is -2.23. The first-order valence-corrected chi connectivity index (χ1v) is 5.81. The van der Waals surface area contributed by atoms with Gasteiger partial charge in [0.15, 0.2) is 0 Å². The molecule has 6 heteroatoms. The minimum absolute atomic E-state index is 0.424. The predicted molar refractivity (Wildman–Crippen MR) is 61.1 cm³/mol. The van der Waals surface area contributed by atoms with Gasteiger partial charge in [0.05, 0.1) is 5.56 Å². The summed E-state index contributed by atoms with van der Waals surface area (Å²) in [4.78, 5) is 1.84. The monoisotopic (exact) mass is 262 g/mol. The third-order valence-electron chi connectivity index (χ3n) is 2.96. The Morgan fingerprint density at radius 2 is 1.89 bits per heavy atom. The van der Waals surface area contributed by atoms with Crippen molar-refractivity contribution in [3.05, 3.63) is 29.6 Å². The zero-order valence-corrected chi connectivity index (χ0v) is 9.73. The summed E-state index contributed by atoms with van der Waals surface area (Å²) in [5.41, 5.74) is -0.773. The Labute approximate surface area is 103 Å². The highest BCUT2D eigenvalue weighted by molar-refractivity contribution is 5.50. The third-order valence-corrected chi connectivity index (χ3v) is 2.96. The molecule has 0 saturated carbocycles. The Bertz CT molecular complexity index is 409. The van der Waals surface area contributed by atoms with Crippen LogP contribution in [-0.2, 0) is 6.18 Å². The predicted octanol–water partition coefficient (Wildman–Crippen LogP) is 2.64. The first kappa shape index (κ1) is 13.1. The number of hydrogen-bond donors (Lipinski definition) is 1. The van der Waals surface area contributed by atoms with Crippen LogP contribution in [0.15, 0.2) is 18.2 Å². The fraction of sp³-hybridized carbons (Fsp3) is 0.500. The second-order valence-corrected chi connectivity index (χ2v) is 4.25. The van der Waals surface area contributed by atoms with Gasteiger partial charge < -0.3 is 10.2 Å². The number of nitrogens with one attached hydrogen (secondary N) is 1. The number of rotatable bonds is 1. The fourth-order valence-corrected chi connectivity index (χ4v) is 2.03. The number of nitrogens with zero attached hydrogens (tertiary/aromatic N) is 1. The quantitative estimate of drug-likeness (QED) is 0.783.